The first-order chi connectivity index (χ1) is 7.45. The van der Waals surface area contributed by atoms with Crippen LogP contribution < -0.4 is 0 Å². The molecule has 90 valence electrons. The van der Waals surface area contributed by atoms with E-state index < -0.39 is 0 Å². The quantitative estimate of drug-likeness (QED) is 0.568. The Hall–Kier alpha value is -0.0400. The fourth-order valence-corrected chi connectivity index (χ4v) is 5.30. The van der Waals surface area contributed by atoms with E-state index in [4.69, 9.17) is 4.74 Å². The van der Waals surface area contributed by atoms with Crippen LogP contribution in [0.5, 0.6) is 0 Å². The molecule has 1 aliphatic heterocycles. The van der Waals surface area contributed by atoms with Gasteiger partial charge in [0.1, 0.15) is 0 Å². The van der Waals surface area contributed by atoms with E-state index in [1.54, 1.807) is 0 Å². The molecule has 0 aromatic heterocycles. The molecule has 0 amide bonds. The van der Waals surface area contributed by atoms with Crippen molar-refractivity contribution in [3.63, 3.8) is 0 Å². The molecule has 0 unspecified atom stereocenters. The molecule has 16 heavy (non-hydrogen) atoms. The van der Waals surface area contributed by atoms with E-state index >= 15 is 0 Å². The summed E-state index contributed by atoms with van der Waals surface area (Å²) in [5, 5.41) is 0. The smallest absolute Gasteiger partial charge is 0.0947 e. The summed E-state index contributed by atoms with van der Waals surface area (Å²) in [5.74, 6) is 2.91. The second-order valence-electron chi connectivity index (χ2n) is 8.08. The van der Waals surface area contributed by atoms with E-state index in [1.165, 1.54) is 32.1 Å². The van der Waals surface area contributed by atoms with Crippen LogP contribution in [0.4, 0.5) is 0 Å². The first-order valence-electron chi connectivity index (χ1n) is 7.09. The molecule has 0 radical (unpaired) electrons. The van der Waals surface area contributed by atoms with Gasteiger partial charge < -0.3 is 4.74 Å². The lowest BCUT2D eigenvalue weighted by molar-refractivity contribution is 0.140. The summed E-state index contributed by atoms with van der Waals surface area (Å²) in [6.45, 7) is 8.62. The molecule has 4 rings (SSSR count). The number of ether oxygens (including phenoxy) is 1. The SMILES string of the molecule is CC1(C)C[C@H]2C[C@@]2(C)[C@@H]2CC[C@@]3(CO3)[C@H]2C1. The number of hydrogen-bond donors (Lipinski definition) is 0. The van der Waals surface area contributed by atoms with Crippen molar-refractivity contribution < 1.29 is 4.74 Å². The van der Waals surface area contributed by atoms with Crippen molar-refractivity contribution in [3.8, 4) is 0 Å². The molecule has 1 heteroatoms. The molecule has 0 N–H and O–H groups in total. The van der Waals surface area contributed by atoms with E-state index in [-0.39, 0.29) is 0 Å². The van der Waals surface area contributed by atoms with Crippen molar-refractivity contribution >= 4 is 0 Å². The largest absolute Gasteiger partial charge is 0.369 e. The Kier molecular flexibility index (Phi) is 1.57. The number of fused-ring (bicyclic) bond motifs is 4. The molecule has 3 aliphatic carbocycles. The zero-order valence-electron chi connectivity index (χ0n) is 10.9. The molecule has 0 aromatic rings. The van der Waals surface area contributed by atoms with E-state index in [9.17, 15) is 0 Å². The van der Waals surface area contributed by atoms with Gasteiger partial charge in [-0.1, -0.05) is 20.8 Å². The summed E-state index contributed by atoms with van der Waals surface area (Å²) in [6, 6.07) is 0. The minimum Gasteiger partial charge on any atom is -0.369 e. The lowest BCUT2D eigenvalue weighted by Gasteiger charge is -2.31. The normalized spacial score (nSPS) is 61.3. The predicted molar refractivity (Wildman–Crippen MR) is 64.1 cm³/mol. The standard InChI is InChI=1S/C15H24O/c1-13(2)6-10-7-14(10,3)11-4-5-15(9-16-15)12(11)8-13/h10-12H,4-9H2,1-3H3/t10-,11+,12-,14+,15+/m0/s1. The van der Waals surface area contributed by atoms with Crippen LogP contribution in [-0.4, -0.2) is 12.2 Å². The van der Waals surface area contributed by atoms with Crippen LogP contribution in [0, 0.1) is 28.6 Å². The summed E-state index contributed by atoms with van der Waals surface area (Å²) in [7, 11) is 0. The summed E-state index contributed by atoms with van der Waals surface area (Å²) in [5.41, 5.74) is 1.63. The highest BCUT2D eigenvalue weighted by atomic mass is 16.6. The second-order valence-corrected chi connectivity index (χ2v) is 8.08. The third-order valence-electron chi connectivity index (χ3n) is 6.43. The fourth-order valence-electron chi connectivity index (χ4n) is 5.30. The van der Waals surface area contributed by atoms with Gasteiger partial charge in [0.15, 0.2) is 0 Å². The Bertz CT molecular complexity index is 341. The van der Waals surface area contributed by atoms with Gasteiger partial charge in [0, 0.05) is 0 Å². The molecule has 0 aromatic carbocycles. The first-order valence-corrected chi connectivity index (χ1v) is 7.09. The van der Waals surface area contributed by atoms with Crippen LogP contribution in [0.25, 0.3) is 0 Å². The maximum Gasteiger partial charge on any atom is 0.0947 e. The van der Waals surface area contributed by atoms with Crippen molar-refractivity contribution in [1.82, 2.24) is 0 Å². The lowest BCUT2D eigenvalue weighted by Crippen LogP contribution is -2.29. The number of rotatable bonds is 0. The Morgan fingerprint density at radius 2 is 1.75 bits per heavy atom. The monoisotopic (exact) mass is 220 g/mol. The van der Waals surface area contributed by atoms with Crippen molar-refractivity contribution in [3.05, 3.63) is 0 Å². The van der Waals surface area contributed by atoms with E-state index in [2.05, 4.69) is 20.8 Å². The maximum atomic E-state index is 5.89. The second kappa shape index (κ2) is 2.53. The van der Waals surface area contributed by atoms with Gasteiger partial charge in [0.25, 0.3) is 0 Å². The molecule has 5 atom stereocenters. The van der Waals surface area contributed by atoms with Crippen LogP contribution >= 0.6 is 0 Å². The van der Waals surface area contributed by atoms with Crippen LogP contribution in [0.2, 0.25) is 0 Å². The maximum absolute atomic E-state index is 5.89. The molecule has 3 saturated carbocycles. The van der Waals surface area contributed by atoms with Crippen LogP contribution in [0.1, 0.15) is 52.9 Å². The Morgan fingerprint density at radius 3 is 2.44 bits per heavy atom. The molecule has 1 heterocycles. The Labute approximate surface area is 98.9 Å². The van der Waals surface area contributed by atoms with Gasteiger partial charge >= 0.3 is 0 Å². The van der Waals surface area contributed by atoms with E-state index in [1.807, 2.05) is 0 Å². The minimum atomic E-state index is 0.364. The van der Waals surface area contributed by atoms with Crippen LogP contribution in [-0.2, 0) is 4.74 Å². The molecule has 1 nitrogen and oxygen atoms in total. The highest BCUT2D eigenvalue weighted by Crippen LogP contribution is 2.72. The predicted octanol–water partition coefficient (Wildman–Crippen LogP) is 3.63. The van der Waals surface area contributed by atoms with Gasteiger partial charge in [-0.15, -0.1) is 0 Å². The van der Waals surface area contributed by atoms with Crippen molar-refractivity contribution in [1.29, 1.82) is 0 Å². The van der Waals surface area contributed by atoms with Crippen molar-refractivity contribution in [2.24, 2.45) is 28.6 Å². The molecule has 1 spiro atoms. The van der Waals surface area contributed by atoms with Gasteiger partial charge in [-0.3, -0.25) is 0 Å². The summed E-state index contributed by atoms with van der Waals surface area (Å²) in [4.78, 5) is 0. The summed E-state index contributed by atoms with van der Waals surface area (Å²) < 4.78 is 5.89. The lowest BCUT2D eigenvalue weighted by atomic mass is 9.73. The minimum absolute atomic E-state index is 0.364. The first kappa shape index (κ1) is 9.94. The fraction of sp³-hybridized carbons (Fsp3) is 1.00. The van der Waals surface area contributed by atoms with E-state index in [0.29, 0.717) is 16.4 Å². The molecular formula is C15H24O. The summed E-state index contributed by atoms with van der Waals surface area (Å²) in [6.07, 6.45) is 7.21. The van der Waals surface area contributed by atoms with Gasteiger partial charge in [-0.05, 0) is 60.7 Å². The molecule has 4 aliphatic rings. The van der Waals surface area contributed by atoms with Crippen molar-refractivity contribution in [2.45, 2.75) is 58.5 Å². The third-order valence-corrected chi connectivity index (χ3v) is 6.43. The average molecular weight is 220 g/mol. The molecule has 0 bridgehead atoms. The topological polar surface area (TPSA) is 12.5 Å². The highest BCUT2D eigenvalue weighted by molar-refractivity contribution is 5.17. The van der Waals surface area contributed by atoms with Crippen molar-refractivity contribution in [2.75, 3.05) is 6.61 Å². The zero-order valence-corrected chi connectivity index (χ0v) is 10.9. The number of hydrogen-bond acceptors (Lipinski definition) is 1. The molecular weight excluding hydrogens is 196 g/mol. The number of epoxide rings is 1. The molecule has 4 fully saturated rings. The third kappa shape index (κ3) is 1.11. The summed E-state index contributed by atoms with van der Waals surface area (Å²) >= 11 is 0. The Morgan fingerprint density at radius 1 is 1.00 bits per heavy atom. The van der Waals surface area contributed by atoms with Crippen LogP contribution in [0.15, 0.2) is 0 Å². The van der Waals surface area contributed by atoms with Crippen LogP contribution in [0.3, 0.4) is 0 Å². The Balaban J connectivity index is 1.73. The highest BCUT2D eigenvalue weighted by Gasteiger charge is 2.69. The van der Waals surface area contributed by atoms with Gasteiger partial charge in [0.2, 0.25) is 0 Å². The van der Waals surface area contributed by atoms with E-state index in [0.717, 1.165) is 24.4 Å². The molecule has 1 saturated heterocycles. The average Bonchev–Trinajstić information content (AvgIpc) is 3.00. The van der Waals surface area contributed by atoms with Gasteiger partial charge in [0.05, 0.1) is 12.2 Å². The zero-order chi connectivity index (χ0) is 11.2. The van der Waals surface area contributed by atoms with Gasteiger partial charge in [-0.2, -0.15) is 0 Å². The van der Waals surface area contributed by atoms with Gasteiger partial charge in [-0.25, -0.2) is 0 Å².